The predicted molar refractivity (Wildman–Crippen MR) is 101 cm³/mol. The van der Waals surface area contributed by atoms with Crippen molar-refractivity contribution in [1.82, 2.24) is 0 Å². The first-order chi connectivity index (χ1) is 12.4. The Labute approximate surface area is 160 Å². The van der Waals surface area contributed by atoms with E-state index in [1.807, 2.05) is 6.92 Å². The molecule has 0 aromatic carbocycles. The zero-order chi connectivity index (χ0) is 20.9. The molecule has 0 saturated carbocycles. The molecule has 0 bridgehead atoms. The Morgan fingerprint density at radius 3 is 2.11 bits per heavy atom. The lowest BCUT2D eigenvalue weighted by atomic mass is 10.0. The maximum Gasteiger partial charge on any atom is 0.400 e. The van der Waals surface area contributed by atoms with Crippen molar-refractivity contribution >= 4 is 27.1 Å². The van der Waals surface area contributed by atoms with Crippen molar-refractivity contribution in [3.8, 4) is 0 Å². The number of carbonyl (C=O) groups excluding carboxylic acids is 2. The minimum atomic E-state index is -4.35. The molecule has 3 unspecified atom stereocenters. The summed E-state index contributed by atoms with van der Waals surface area (Å²) in [5.74, 6) is -0.323. The van der Waals surface area contributed by atoms with Gasteiger partial charge in [-0.3, -0.25) is 18.6 Å². The van der Waals surface area contributed by atoms with Gasteiger partial charge in [0, 0.05) is 19.3 Å². The van der Waals surface area contributed by atoms with E-state index in [2.05, 4.69) is 4.52 Å². The minimum absolute atomic E-state index is 0.0370. The molecule has 3 atom stereocenters. The molecule has 0 aliphatic rings. The minimum Gasteiger partial charge on any atom is -0.313 e. The van der Waals surface area contributed by atoms with Crippen LogP contribution in [0.25, 0.3) is 0 Å². The maximum absolute atomic E-state index is 12.2. The normalized spacial score (nSPS) is 17.1. The molecule has 0 fully saturated rings. The summed E-state index contributed by atoms with van der Waals surface area (Å²) < 4.78 is 31.3. The molecule has 27 heavy (non-hydrogen) atoms. The summed E-state index contributed by atoms with van der Waals surface area (Å²) in [6.07, 6.45) is 3.53. The largest absolute Gasteiger partial charge is 0.400 e. The molecule has 0 rings (SSSR count). The number of rotatable bonds is 17. The molecular formula is C15H32N2O8P2. The Morgan fingerprint density at radius 2 is 1.56 bits per heavy atom. The molecule has 0 amide bonds. The van der Waals surface area contributed by atoms with Crippen molar-refractivity contribution in [2.75, 3.05) is 6.61 Å². The van der Waals surface area contributed by atoms with Gasteiger partial charge in [-0.15, -0.1) is 0 Å². The zero-order valence-corrected chi connectivity index (χ0v) is 17.5. The molecule has 0 aromatic rings. The molecule has 10 nitrogen and oxygen atoms in total. The highest BCUT2D eigenvalue weighted by atomic mass is 31.2. The smallest absolute Gasteiger partial charge is 0.313 e. The number of ketones is 2. The van der Waals surface area contributed by atoms with Crippen LogP contribution in [0.15, 0.2) is 0 Å². The third kappa shape index (κ3) is 17.4. The SMILES string of the molecule is CCCCCC(=O)CCCC(=O)C(CCCCOP(N)(=O)O)OP(N)(=O)O. The van der Waals surface area contributed by atoms with Gasteiger partial charge in [0.1, 0.15) is 11.9 Å². The molecule has 0 aliphatic heterocycles. The highest BCUT2D eigenvalue weighted by Gasteiger charge is 2.26. The van der Waals surface area contributed by atoms with Crippen molar-refractivity contribution < 1.29 is 37.6 Å². The lowest BCUT2D eigenvalue weighted by Gasteiger charge is -2.18. The fraction of sp³-hybridized carbons (Fsp3) is 0.867. The Hall–Kier alpha value is -0.440. The monoisotopic (exact) mass is 430 g/mol. The predicted octanol–water partition coefficient (Wildman–Crippen LogP) is 2.57. The van der Waals surface area contributed by atoms with E-state index in [0.29, 0.717) is 25.7 Å². The summed E-state index contributed by atoms with van der Waals surface area (Å²) in [4.78, 5) is 41.9. The van der Waals surface area contributed by atoms with E-state index in [0.717, 1.165) is 19.3 Å². The average molecular weight is 430 g/mol. The van der Waals surface area contributed by atoms with E-state index < -0.39 is 27.4 Å². The van der Waals surface area contributed by atoms with Crippen molar-refractivity contribution in [2.45, 2.75) is 77.2 Å². The van der Waals surface area contributed by atoms with E-state index in [-0.39, 0.29) is 31.7 Å². The first-order valence-corrected chi connectivity index (χ1v) is 12.3. The summed E-state index contributed by atoms with van der Waals surface area (Å²) in [5.41, 5.74) is 9.80. The third-order valence-electron chi connectivity index (χ3n) is 3.71. The second-order valence-corrected chi connectivity index (χ2v) is 9.09. The van der Waals surface area contributed by atoms with Gasteiger partial charge in [0.25, 0.3) is 0 Å². The van der Waals surface area contributed by atoms with Crippen LogP contribution in [0.4, 0.5) is 0 Å². The van der Waals surface area contributed by atoms with E-state index in [1.165, 1.54) is 0 Å². The van der Waals surface area contributed by atoms with Crippen LogP contribution in [0, 0.1) is 0 Å². The van der Waals surface area contributed by atoms with Crippen LogP contribution < -0.4 is 11.0 Å². The van der Waals surface area contributed by atoms with E-state index in [1.54, 1.807) is 0 Å². The van der Waals surface area contributed by atoms with Gasteiger partial charge in [0.2, 0.25) is 0 Å². The molecule has 0 aliphatic carbocycles. The van der Waals surface area contributed by atoms with E-state index in [9.17, 15) is 23.6 Å². The quantitative estimate of drug-likeness (QED) is 0.198. The van der Waals surface area contributed by atoms with Gasteiger partial charge in [-0.1, -0.05) is 19.8 Å². The van der Waals surface area contributed by atoms with Gasteiger partial charge >= 0.3 is 15.5 Å². The number of Topliss-reactive ketones (excluding diaryl/α,β-unsaturated/α-hetero) is 2. The maximum atomic E-state index is 12.2. The summed E-state index contributed by atoms with van der Waals surface area (Å²) in [7, 11) is -8.40. The van der Waals surface area contributed by atoms with Crippen LogP contribution in [-0.2, 0) is 27.8 Å². The molecule has 6 N–H and O–H groups in total. The fourth-order valence-corrected chi connectivity index (χ4v) is 3.38. The molecule has 0 saturated heterocycles. The highest BCUT2D eigenvalue weighted by Crippen LogP contribution is 2.35. The van der Waals surface area contributed by atoms with Crippen LogP contribution in [0.5, 0.6) is 0 Å². The average Bonchev–Trinajstić information content (AvgIpc) is 2.51. The first-order valence-electron chi connectivity index (χ1n) is 9.04. The standard InChI is InChI=1S/C15H32N2O8P2/c1-2-3-4-8-13(18)9-7-10-14(19)15(25-27(17,22)23)11-5-6-12-24-26(16,20)21/h15H,2-12H2,1H3,(H3,16,20,21)(H3,17,22,23). The lowest BCUT2D eigenvalue weighted by Crippen LogP contribution is -2.25. The summed E-state index contributed by atoms with van der Waals surface area (Å²) in [5, 5.41) is 0. The van der Waals surface area contributed by atoms with Crippen LogP contribution in [0.3, 0.4) is 0 Å². The lowest BCUT2D eigenvalue weighted by molar-refractivity contribution is -0.126. The molecular weight excluding hydrogens is 398 g/mol. The number of hydrogen-bond acceptors (Lipinski definition) is 6. The molecule has 0 aromatic heterocycles. The van der Waals surface area contributed by atoms with E-state index >= 15 is 0 Å². The summed E-state index contributed by atoms with van der Waals surface area (Å²) >= 11 is 0. The molecule has 160 valence electrons. The van der Waals surface area contributed by atoms with Crippen LogP contribution in [0.1, 0.15) is 71.1 Å². The van der Waals surface area contributed by atoms with Crippen molar-refractivity contribution in [3.05, 3.63) is 0 Å². The number of nitrogens with two attached hydrogens (primary N) is 2. The summed E-state index contributed by atoms with van der Waals surface area (Å²) in [6, 6.07) is 0. The van der Waals surface area contributed by atoms with Crippen LogP contribution in [0.2, 0.25) is 0 Å². The Morgan fingerprint density at radius 1 is 0.926 bits per heavy atom. The fourth-order valence-electron chi connectivity index (χ4n) is 2.40. The van der Waals surface area contributed by atoms with E-state index in [4.69, 9.17) is 20.4 Å². The summed E-state index contributed by atoms with van der Waals surface area (Å²) in [6.45, 7) is 1.95. The molecule has 0 radical (unpaired) electrons. The van der Waals surface area contributed by atoms with Gasteiger partial charge in [0.05, 0.1) is 6.61 Å². The number of hydrogen-bond donors (Lipinski definition) is 4. The first kappa shape index (κ1) is 26.6. The van der Waals surface area contributed by atoms with Crippen molar-refractivity contribution in [2.24, 2.45) is 11.0 Å². The Kier molecular flexibility index (Phi) is 13.5. The van der Waals surface area contributed by atoms with Gasteiger partial charge in [-0.25, -0.2) is 20.1 Å². The van der Waals surface area contributed by atoms with Gasteiger partial charge < -0.3 is 9.79 Å². The van der Waals surface area contributed by atoms with Gasteiger partial charge in [0.15, 0.2) is 5.78 Å². The van der Waals surface area contributed by atoms with Gasteiger partial charge in [-0.05, 0) is 32.1 Å². The third-order valence-corrected chi connectivity index (χ3v) is 4.82. The van der Waals surface area contributed by atoms with Crippen LogP contribution in [-0.4, -0.2) is 34.1 Å². The second-order valence-electron chi connectivity index (χ2n) is 6.37. The topological polar surface area (TPSA) is 179 Å². The van der Waals surface area contributed by atoms with Gasteiger partial charge in [-0.2, -0.15) is 0 Å². The van der Waals surface area contributed by atoms with Crippen molar-refractivity contribution in [1.29, 1.82) is 0 Å². The number of carbonyl (C=O) groups is 2. The molecule has 0 heterocycles. The van der Waals surface area contributed by atoms with Crippen molar-refractivity contribution in [3.63, 3.8) is 0 Å². The Bertz CT molecular complexity index is 546. The Balaban J connectivity index is 4.32. The second kappa shape index (κ2) is 13.7. The highest BCUT2D eigenvalue weighted by molar-refractivity contribution is 7.50. The molecule has 12 heteroatoms. The molecule has 0 spiro atoms. The van der Waals surface area contributed by atoms with Crippen LogP contribution >= 0.6 is 15.5 Å². The zero-order valence-electron chi connectivity index (χ0n) is 15.7. The number of unbranched alkanes of at least 4 members (excludes halogenated alkanes) is 3.